The van der Waals surface area contributed by atoms with E-state index >= 15 is 0 Å². The zero-order chi connectivity index (χ0) is 12.5. The first-order chi connectivity index (χ1) is 8.74. The van der Waals surface area contributed by atoms with Crippen LogP contribution in [0, 0.1) is 12.8 Å². The molecule has 0 amide bonds. The second kappa shape index (κ2) is 4.69. The molecule has 0 N–H and O–H groups in total. The van der Waals surface area contributed by atoms with Gasteiger partial charge in [0, 0.05) is 19.2 Å². The van der Waals surface area contributed by atoms with E-state index in [0.717, 1.165) is 23.8 Å². The van der Waals surface area contributed by atoms with Gasteiger partial charge in [-0.05, 0) is 50.9 Å². The van der Waals surface area contributed by atoms with Crippen LogP contribution in [0.1, 0.15) is 24.2 Å². The molecule has 1 atom stereocenters. The monoisotopic (exact) mass is 244 g/mol. The van der Waals surface area contributed by atoms with Gasteiger partial charge in [-0.1, -0.05) is 6.07 Å². The van der Waals surface area contributed by atoms with Crippen molar-refractivity contribution in [1.82, 2.24) is 19.5 Å². The third-order valence-electron chi connectivity index (χ3n) is 3.89. The highest BCUT2D eigenvalue weighted by Crippen LogP contribution is 2.20. The first-order valence-electron chi connectivity index (χ1n) is 6.72. The van der Waals surface area contributed by atoms with Crippen molar-refractivity contribution in [1.29, 1.82) is 0 Å². The molecule has 3 rings (SSSR count). The lowest BCUT2D eigenvalue weighted by molar-refractivity contribution is 0.207. The number of aromatic nitrogens is 3. The number of piperidine rings is 1. The van der Waals surface area contributed by atoms with Crippen LogP contribution in [0.5, 0.6) is 0 Å². The Balaban J connectivity index is 1.84. The predicted octanol–water partition coefficient (Wildman–Crippen LogP) is 1.92. The lowest BCUT2D eigenvalue weighted by Gasteiger charge is -2.29. The molecule has 1 aliphatic heterocycles. The summed E-state index contributed by atoms with van der Waals surface area (Å²) >= 11 is 0. The maximum absolute atomic E-state index is 4.37. The smallest absolute Gasteiger partial charge is 0.163 e. The van der Waals surface area contributed by atoms with Gasteiger partial charge in [0.05, 0.1) is 0 Å². The molecule has 3 heterocycles. The van der Waals surface area contributed by atoms with Crippen LogP contribution in [0.4, 0.5) is 0 Å². The highest BCUT2D eigenvalue weighted by Gasteiger charge is 2.19. The summed E-state index contributed by atoms with van der Waals surface area (Å²) in [5, 5.41) is 8.67. The number of nitrogens with zero attached hydrogens (tertiary/aromatic N) is 4. The molecule has 1 unspecified atom stereocenters. The first kappa shape index (κ1) is 11.7. The molecule has 1 fully saturated rings. The standard InChI is InChI=1S/C14H20N4/c1-11-5-3-8-18-13(15-16-14(11)18)9-12-6-4-7-17(2)10-12/h3,5,8,12H,4,6-7,9-10H2,1-2H3. The second-order valence-corrected chi connectivity index (χ2v) is 5.48. The summed E-state index contributed by atoms with van der Waals surface area (Å²) in [5.41, 5.74) is 2.19. The summed E-state index contributed by atoms with van der Waals surface area (Å²) in [4.78, 5) is 2.42. The Morgan fingerprint density at radius 3 is 3.11 bits per heavy atom. The van der Waals surface area contributed by atoms with Crippen molar-refractivity contribution >= 4 is 5.65 Å². The molecule has 96 valence electrons. The molecule has 0 spiro atoms. The molecule has 4 nitrogen and oxygen atoms in total. The van der Waals surface area contributed by atoms with Gasteiger partial charge in [-0.15, -0.1) is 10.2 Å². The number of rotatable bonds is 2. The Bertz CT molecular complexity index is 546. The summed E-state index contributed by atoms with van der Waals surface area (Å²) in [6, 6.07) is 4.16. The molecule has 0 aliphatic carbocycles. The highest BCUT2D eigenvalue weighted by atomic mass is 15.2. The molecule has 0 bridgehead atoms. The predicted molar refractivity (Wildman–Crippen MR) is 71.6 cm³/mol. The fraction of sp³-hybridized carbons (Fsp3) is 0.571. The third-order valence-corrected chi connectivity index (χ3v) is 3.89. The van der Waals surface area contributed by atoms with E-state index in [1.54, 1.807) is 0 Å². The Morgan fingerprint density at radius 1 is 1.39 bits per heavy atom. The van der Waals surface area contributed by atoms with E-state index < -0.39 is 0 Å². The average Bonchev–Trinajstić information content (AvgIpc) is 2.74. The van der Waals surface area contributed by atoms with Gasteiger partial charge in [0.25, 0.3) is 0 Å². The van der Waals surface area contributed by atoms with E-state index in [1.807, 2.05) is 0 Å². The van der Waals surface area contributed by atoms with Crippen LogP contribution in [-0.2, 0) is 6.42 Å². The molecule has 1 aliphatic rings. The van der Waals surface area contributed by atoms with Gasteiger partial charge in [0.2, 0.25) is 0 Å². The Hall–Kier alpha value is -1.42. The van der Waals surface area contributed by atoms with Gasteiger partial charge in [-0.25, -0.2) is 0 Å². The minimum absolute atomic E-state index is 0.719. The van der Waals surface area contributed by atoms with E-state index in [0.29, 0.717) is 0 Å². The van der Waals surface area contributed by atoms with Crippen molar-refractivity contribution in [3.05, 3.63) is 29.7 Å². The summed E-state index contributed by atoms with van der Waals surface area (Å²) in [6.45, 7) is 4.50. The summed E-state index contributed by atoms with van der Waals surface area (Å²) in [6.07, 6.45) is 5.72. The minimum Gasteiger partial charge on any atom is -0.306 e. The Morgan fingerprint density at radius 2 is 2.28 bits per heavy atom. The molecule has 2 aromatic heterocycles. The molecule has 0 aromatic carbocycles. The molecule has 0 radical (unpaired) electrons. The minimum atomic E-state index is 0.719. The van der Waals surface area contributed by atoms with Gasteiger partial charge in [0.1, 0.15) is 5.82 Å². The van der Waals surface area contributed by atoms with Crippen molar-refractivity contribution in [2.24, 2.45) is 5.92 Å². The molecule has 0 saturated carbocycles. The molecular formula is C14H20N4. The van der Waals surface area contributed by atoms with Crippen LogP contribution in [0.2, 0.25) is 0 Å². The lowest BCUT2D eigenvalue weighted by Crippen LogP contribution is -2.33. The van der Waals surface area contributed by atoms with Gasteiger partial charge >= 0.3 is 0 Å². The Labute approximate surface area is 108 Å². The van der Waals surface area contributed by atoms with Crippen LogP contribution in [0.15, 0.2) is 18.3 Å². The normalized spacial score (nSPS) is 21.6. The van der Waals surface area contributed by atoms with Crippen LogP contribution < -0.4 is 0 Å². The van der Waals surface area contributed by atoms with Crippen molar-refractivity contribution in [3.63, 3.8) is 0 Å². The van der Waals surface area contributed by atoms with E-state index in [4.69, 9.17) is 0 Å². The number of pyridine rings is 1. The summed E-state index contributed by atoms with van der Waals surface area (Å²) < 4.78 is 2.14. The Kier molecular flexibility index (Phi) is 3.04. The maximum Gasteiger partial charge on any atom is 0.163 e. The number of hydrogen-bond acceptors (Lipinski definition) is 3. The first-order valence-corrected chi connectivity index (χ1v) is 6.72. The fourth-order valence-corrected chi connectivity index (χ4v) is 2.93. The van der Waals surface area contributed by atoms with E-state index in [2.05, 4.69) is 51.8 Å². The number of likely N-dealkylation sites (tertiary alicyclic amines) is 1. The molecule has 1 saturated heterocycles. The van der Waals surface area contributed by atoms with E-state index in [9.17, 15) is 0 Å². The van der Waals surface area contributed by atoms with Crippen LogP contribution in [0.25, 0.3) is 5.65 Å². The van der Waals surface area contributed by atoms with Crippen molar-refractivity contribution < 1.29 is 0 Å². The van der Waals surface area contributed by atoms with E-state index in [1.165, 1.54) is 31.5 Å². The largest absolute Gasteiger partial charge is 0.306 e. The average molecular weight is 244 g/mol. The van der Waals surface area contributed by atoms with Crippen LogP contribution in [-0.4, -0.2) is 39.6 Å². The van der Waals surface area contributed by atoms with E-state index in [-0.39, 0.29) is 0 Å². The highest BCUT2D eigenvalue weighted by molar-refractivity contribution is 5.46. The number of aryl methyl sites for hydroxylation is 1. The number of fused-ring (bicyclic) bond motifs is 1. The zero-order valence-electron chi connectivity index (χ0n) is 11.1. The van der Waals surface area contributed by atoms with Crippen molar-refractivity contribution in [2.45, 2.75) is 26.2 Å². The van der Waals surface area contributed by atoms with Crippen molar-refractivity contribution in [2.75, 3.05) is 20.1 Å². The summed E-state index contributed by atoms with van der Waals surface area (Å²) in [5.74, 6) is 1.82. The van der Waals surface area contributed by atoms with Gasteiger partial charge in [-0.3, -0.25) is 4.40 Å². The van der Waals surface area contributed by atoms with Gasteiger partial charge in [-0.2, -0.15) is 0 Å². The third kappa shape index (κ3) is 2.12. The van der Waals surface area contributed by atoms with Gasteiger partial charge < -0.3 is 4.90 Å². The number of hydrogen-bond donors (Lipinski definition) is 0. The lowest BCUT2D eigenvalue weighted by atomic mass is 9.95. The molecule has 18 heavy (non-hydrogen) atoms. The topological polar surface area (TPSA) is 33.4 Å². The van der Waals surface area contributed by atoms with Crippen LogP contribution >= 0.6 is 0 Å². The molecular weight excluding hydrogens is 224 g/mol. The van der Waals surface area contributed by atoms with Crippen molar-refractivity contribution in [3.8, 4) is 0 Å². The maximum atomic E-state index is 4.37. The van der Waals surface area contributed by atoms with Crippen LogP contribution in [0.3, 0.4) is 0 Å². The summed E-state index contributed by atoms with van der Waals surface area (Å²) in [7, 11) is 2.21. The zero-order valence-corrected chi connectivity index (χ0v) is 11.1. The quantitative estimate of drug-likeness (QED) is 0.809. The second-order valence-electron chi connectivity index (χ2n) is 5.48. The SMILES string of the molecule is Cc1cccn2c(CC3CCCN(C)C3)nnc12. The molecule has 4 heteroatoms. The fourth-order valence-electron chi connectivity index (χ4n) is 2.93. The van der Waals surface area contributed by atoms with Gasteiger partial charge in [0.15, 0.2) is 5.65 Å². The molecule has 2 aromatic rings.